The van der Waals surface area contributed by atoms with E-state index < -0.39 is 10.2 Å². The maximum Gasteiger partial charge on any atom is 0.279 e. The zero-order valence-corrected chi connectivity index (χ0v) is 13.5. The van der Waals surface area contributed by atoms with Gasteiger partial charge in [0, 0.05) is 25.3 Å². The largest absolute Gasteiger partial charge is 0.283 e. The predicted molar refractivity (Wildman–Crippen MR) is 80.7 cm³/mol. The van der Waals surface area contributed by atoms with Gasteiger partial charge in [-0.05, 0) is 38.2 Å². The van der Waals surface area contributed by atoms with E-state index in [9.17, 15) is 8.42 Å². The highest BCUT2D eigenvalue weighted by Crippen LogP contribution is 2.06. The Kier molecular flexibility index (Phi) is 7.18. The molecular formula is C13H26N4O2S. The van der Waals surface area contributed by atoms with Gasteiger partial charge in [-0.15, -0.1) is 0 Å². The van der Waals surface area contributed by atoms with Crippen molar-refractivity contribution in [2.45, 2.75) is 46.5 Å². The minimum atomic E-state index is -3.34. The summed E-state index contributed by atoms with van der Waals surface area (Å²) >= 11 is 0. The lowest BCUT2D eigenvalue weighted by atomic mass is 10.1. The summed E-state index contributed by atoms with van der Waals surface area (Å²) < 4.78 is 28.5. The lowest BCUT2D eigenvalue weighted by molar-refractivity contribution is 0.401. The van der Waals surface area contributed by atoms with Gasteiger partial charge in [-0.3, -0.25) is 5.10 Å². The number of nitrogens with zero attached hydrogens (tertiary/aromatic N) is 2. The first-order valence-electron chi connectivity index (χ1n) is 7.24. The Morgan fingerprint density at radius 2 is 1.95 bits per heavy atom. The molecule has 0 radical (unpaired) electrons. The van der Waals surface area contributed by atoms with Crippen LogP contribution in [0, 0.1) is 6.92 Å². The molecule has 1 aromatic heterocycles. The molecule has 0 aliphatic carbocycles. The van der Waals surface area contributed by atoms with E-state index in [2.05, 4.69) is 14.9 Å². The van der Waals surface area contributed by atoms with Gasteiger partial charge in [-0.1, -0.05) is 13.8 Å². The van der Waals surface area contributed by atoms with Crippen molar-refractivity contribution in [2.24, 2.45) is 0 Å². The van der Waals surface area contributed by atoms with E-state index >= 15 is 0 Å². The van der Waals surface area contributed by atoms with Crippen LogP contribution in [-0.4, -0.2) is 42.6 Å². The minimum absolute atomic E-state index is 0.455. The van der Waals surface area contributed by atoms with E-state index in [0.29, 0.717) is 19.6 Å². The second kappa shape index (κ2) is 8.39. The topological polar surface area (TPSA) is 78.1 Å². The van der Waals surface area contributed by atoms with Gasteiger partial charge in [0.1, 0.15) is 0 Å². The van der Waals surface area contributed by atoms with Crippen molar-refractivity contribution in [2.75, 3.05) is 19.6 Å². The summed E-state index contributed by atoms with van der Waals surface area (Å²) in [6, 6.07) is 0. The fourth-order valence-corrected chi connectivity index (χ4v) is 3.48. The summed E-state index contributed by atoms with van der Waals surface area (Å²) in [5.74, 6) is 0. The molecule has 116 valence electrons. The van der Waals surface area contributed by atoms with Gasteiger partial charge < -0.3 is 0 Å². The molecular weight excluding hydrogens is 276 g/mol. The summed E-state index contributed by atoms with van der Waals surface area (Å²) in [4.78, 5) is 0. The number of hydrogen-bond acceptors (Lipinski definition) is 3. The number of aryl methyl sites for hydroxylation is 2. The number of hydrogen-bond donors (Lipinski definition) is 2. The van der Waals surface area contributed by atoms with E-state index in [-0.39, 0.29) is 0 Å². The van der Waals surface area contributed by atoms with Crippen molar-refractivity contribution in [3.05, 3.63) is 17.5 Å². The standard InChI is InChI=1S/C13H26N4O2S/c1-4-9-17(10-5-2)20(18,19)15-8-6-7-13-11-14-16-12(13)3/h11,15H,4-10H2,1-3H3,(H,14,16). The lowest BCUT2D eigenvalue weighted by Gasteiger charge is -2.21. The van der Waals surface area contributed by atoms with E-state index in [0.717, 1.165) is 36.9 Å². The number of rotatable bonds is 10. The first-order valence-corrected chi connectivity index (χ1v) is 8.68. The Labute approximate surface area is 122 Å². The van der Waals surface area contributed by atoms with Crippen LogP contribution in [-0.2, 0) is 16.6 Å². The van der Waals surface area contributed by atoms with Crippen molar-refractivity contribution in [3.8, 4) is 0 Å². The molecule has 0 amide bonds. The highest BCUT2D eigenvalue weighted by molar-refractivity contribution is 7.87. The average molecular weight is 302 g/mol. The van der Waals surface area contributed by atoms with Gasteiger partial charge in [0.25, 0.3) is 10.2 Å². The highest BCUT2D eigenvalue weighted by Gasteiger charge is 2.19. The van der Waals surface area contributed by atoms with Gasteiger partial charge in [0.15, 0.2) is 0 Å². The maximum atomic E-state index is 12.1. The molecule has 2 N–H and O–H groups in total. The molecule has 0 aliphatic rings. The van der Waals surface area contributed by atoms with Crippen LogP contribution < -0.4 is 4.72 Å². The lowest BCUT2D eigenvalue weighted by Crippen LogP contribution is -2.42. The first kappa shape index (κ1) is 17.1. The Balaban J connectivity index is 2.40. The van der Waals surface area contributed by atoms with Crippen molar-refractivity contribution in [3.63, 3.8) is 0 Å². The molecule has 0 saturated carbocycles. The predicted octanol–water partition coefficient (Wildman–Crippen LogP) is 1.61. The van der Waals surface area contributed by atoms with Crippen molar-refractivity contribution in [1.82, 2.24) is 19.2 Å². The highest BCUT2D eigenvalue weighted by atomic mass is 32.2. The zero-order chi connectivity index (χ0) is 15.0. The Morgan fingerprint density at radius 1 is 1.30 bits per heavy atom. The SMILES string of the molecule is CCCN(CCC)S(=O)(=O)NCCCc1cn[nH]c1C. The van der Waals surface area contributed by atoms with E-state index in [1.54, 1.807) is 6.20 Å². The normalized spacial score (nSPS) is 12.2. The second-order valence-corrected chi connectivity index (χ2v) is 6.68. The third-order valence-corrected chi connectivity index (χ3v) is 4.74. The molecule has 0 aliphatic heterocycles. The molecule has 6 nitrogen and oxygen atoms in total. The minimum Gasteiger partial charge on any atom is -0.283 e. The van der Waals surface area contributed by atoms with Crippen LogP contribution in [0.1, 0.15) is 44.4 Å². The van der Waals surface area contributed by atoms with E-state index in [1.165, 1.54) is 4.31 Å². The molecule has 0 aromatic carbocycles. The molecule has 7 heteroatoms. The fraction of sp³-hybridized carbons (Fsp3) is 0.769. The van der Waals surface area contributed by atoms with Crippen LogP contribution in [0.5, 0.6) is 0 Å². The summed E-state index contributed by atoms with van der Waals surface area (Å²) in [7, 11) is -3.34. The van der Waals surface area contributed by atoms with E-state index in [1.807, 2.05) is 20.8 Å². The van der Waals surface area contributed by atoms with Gasteiger partial charge in [0.05, 0.1) is 6.20 Å². The van der Waals surface area contributed by atoms with Gasteiger partial charge in [-0.2, -0.15) is 17.8 Å². The Morgan fingerprint density at radius 3 is 2.45 bits per heavy atom. The Bertz CT molecular complexity index is 478. The Hall–Kier alpha value is -0.920. The average Bonchev–Trinajstić information content (AvgIpc) is 2.80. The molecule has 0 atom stereocenters. The zero-order valence-electron chi connectivity index (χ0n) is 12.6. The number of nitrogens with one attached hydrogen (secondary N) is 2. The molecule has 0 spiro atoms. The maximum absolute atomic E-state index is 12.1. The van der Waals surface area contributed by atoms with Crippen LogP contribution in [0.15, 0.2) is 6.20 Å². The smallest absolute Gasteiger partial charge is 0.279 e. The molecule has 1 heterocycles. The molecule has 0 saturated heterocycles. The van der Waals surface area contributed by atoms with Crippen LogP contribution in [0.2, 0.25) is 0 Å². The van der Waals surface area contributed by atoms with Crippen LogP contribution in [0.3, 0.4) is 0 Å². The van der Waals surface area contributed by atoms with Crippen molar-refractivity contribution < 1.29 is 8.42 Å². The molecule has 0 bridgehead atoms. The molecule has 0 fully saturated rings. The summed E-state index contributed by atoms with van der Waals surface area (Å²) in [6.07, 6.45) is 5.05. The van der Waals surface area contributed by atoms with Gasteiger partial charge in [-0.25, -0.2) is 4.72 Å². The van der Waals surface area contributed by atoms with Crippen LogP contribution in [0.4, 0.5) is 0 Å². The number of H-pyrrole nitrogens is 1. The second-order valence-electron chi connectivity index (χ2n) is 4.92. The summed E-state index contributed by atoms with van der Waals surface area (Å²) in [5, 5.41) is 6.83. The third kappa shape index (κ3) is 5.22. The van der Waals surface area contributed by atoms with Gasteiger partial charge in [0.2, 0.25) is 0 Å². The van der Waals surface area contributed by atoms with Crippen LogP contribution >= 0.6 is 0 Å². The van der Waals surface area contributed by atoms with Crippen molar-refractivity contribution >= 4 is 10.2 Å². The number of aromatic amines is 1. The first-order chi connectivity index (χ1) is 9.51. The summed E-state index contributed by atoms with van der Waals surface area (Å²) in [5.41, 5.74) is 2.19. The van der Waals surface area contributed by atoms with Crippen LogP contribution in [0.25, 0.3) is 0 Å². The van der Waals surface area contributed by atoms with Crippen molar-refractivity contribution in [1.29, 1.82) is 0 Å². The molecule has 1 rings (SSSR count). The quantitative estimate of drug-likeness (QED) is 0.645. The molecule has 0 unspecified atom stereocenters. The number of aromatic nitrogens is 2. The molecule has 20 heavy (non-hydrogen) atoms. The molecule has 1 aromatic rings. The monoisotopic (exact) mass is 302 g/mol. The van der Waals surface area contributed by atoms with E-state index in [4.69, 9.17) is 0 Å². The fourth-order valence-electron chi connectivity index (χ4n) is 2.05. The summed E-state index contributed by atoms with van der Waals surface area (Å²) in [6.45, 7) is 7.54. The third-order valence-electron chi connectivity index (χ3n) is 3.13. The van der Waals surface area contributed by atoms with Gasteiger partial charge >= 0.3 is 0 Å².